The summed E-state index contributed by atoms with van der Waals surface area (Å²) in [6, 6.07) is 14.2. The van der Waals surface area contributed by atoms with Crippen molar-refractivity contribution in [1.82, 2.24) is 20.3 Å². The molecule has 4 rings (SSSR count). The van der Waals surface area contributed by atoms with E-state index in [2.05, 4.69) is 15.4 Å². The van der Waals surface area contributed by atoms with Crippen molar-refractivity contribution >= 4 is 11.8 Å². The summed E-state index contributed by atoms with van der Waals surface area (Å²) < 4.78 is 10.5. The molecule has 0 aliphatic carbocycles. The van der Waals surface area contributed by atoms with Crippen molar-refractivity contribution in [1.29, 1.82) is 0 Å². The summed E-state index contributed by atoms with van der Waals surface area (Å²) >= 11 is 0. The Balaban J connectivity index is 1.39. The van der Waals surface area contributed by atoms with Crippen LogP contribution in [0.15, 0.2) is 63.7 Å². The minimum absolute atomic E-state index is 0.0843. The molecule has 0 saturated carbocycles. The molecule has 1 aromatic carbocycles. The molecule has 3 aromatic rings. The summed E-state index contributed by atoms with van der Waals surface area (Å²) in [5.41, 5.74) is 1.85. The van der Waals surface area contributed by atoms with Gasteiger partial charge in [-0.3, -0.25) is 14.5 Å². The molecule has 1 unspecified atom stereocenters. The van der Waals surface area contributed by atoms with Crippen LogP contribution in [0.4, 0.5) is 0 Å². The van der Waals surface area contributed by atoms with E-state index in [1.165, 1.54) is 6.26 Å². The first-order valence-corrected chi connectivity index (χ1v) is 10.4. The number of furan rings is 1. The lowest BCUT2D eigenvalue weighted by atomic mass is 10.0. The zero-order valence-electron chi connectivity index (χ0n) is 17.5. The number of amides is 2. The number of carbonyl (C=O) groups excluding carboxylic acids is 2. The minimum atomic E-state index is -0.663. The third kappa shape index (κ3) is 5.40. The van der Waals surface area contributed by atoms with Crippen molar-refractivity contribution in [2.24, 2.45) is 0 Å². The summed E-state index contributed by atoms with van der Waals surface area (Å²) in [7, 11) is 0. The van der Waals surface area contributed by atoms with Crippen molar-refractivity contribution in [3.8, 4) is 0 Å². The van der Waals surface area contributed by atoms with Crippen LogP contribution in [0.3, 0.4) is 0 Å². The van der Waals surface area contributed by atoms with Crippen molar-refractivity contribution < 1.29 is 18.5 Å². The maximum absolute atomic E-state index is 13.3. The van der Waals surface area contributed by atoms with Gasteiger partial charge in [-0.25, -0.2) is 0 Å². The van der Waals surface area contributed by atoms with E-state index in [1.54, 1.807) is 12.1 Å². The lowest BCUT2D eigenvalue weighted by Gasteiger charge is -2.36. The van der Waals surface area contributed by atoms with Crippen LogP contribution < -0.4 is 5.32 Å². The molecule has 2 amide bonds. The van der Waals surface area contributed by atoms with Crippen molar-refractivity contribution in [2.45, 2.75) is 25.9 Å². The van der Waals surface area contributed by atoms with Crippen LogP contribution in [0.5, 0.6) is 0 Å². The zero-order chi connectivity index (χ0) is 21.6. The zero-order valence-corrected chi connectivity index (χ0v) is 17.5. The number of hydrogen-bond donors (Lipinski definition) is 1. The van der Waals surface area contributed by atoms with Crippen molar-refractivity contribution in [3.05, 3.63) is 77.6 Å². The minimum Gasteiger partial charge on any atom is -0.459 e. The Morgan fingerprint density at radius 1 is 1.10 bits per heavy atom. The Morgan fingerprint density at radius 2 is 1.87 bits per heavy atom. The molecule has 8 heteroatoms. The highest BCUT2D eigenvalue weighted by Crippen LogP contribution is 2.13. The Labute approximate surface area is 180 Å². The molecule has 1 aliphatic rings. The average molecular weight is 422 g/mol. The molecule has 31 heavy (non-hydrogen) atoms. The van der Waals surface area contributed by atoms with E-state index in [1.807, 2.05) is 48.2 Å². The Morgan fingerprint density at radius 3 is 2.52 bits per heavy atom. The predicted molar refractivity (Wildman–Crippen MR) is 113 cm³/mol. The standard InChI is InChI=1S/C23H26N4O4/c1-17-14-19(31-25-17)16-26-9-11-27(12-10-26)23(29)20(15-18-6-3-2-4-7-18)24-22(28)21-8-5-13-30-21/h2-8,13-14,20H,9-12,15-16H2,1H3,(H,24,28). The molecular weight excluding hydrogens is 396 g/mol. The fourth-order valence-electron chi connectivity index (χ4n) is 3.74. The Hall–Kier alpha value is -3.39. The monoisotopic (exact) mass is 422 g/mol. The van der Waals surface area contributed by atoms with E-state index in [4.69, 9.17) is 8.94 Å². The molecule has 0 radical (unpaired) electrons. The van der Waals surface area contributed by atoms with E-state index in [-0.39, 0.29) is 11.7 Å². The molecule has 1 saturated heterocycles. The van der Waals surface area contributed by atoms with Crippen molar-refractivity contribution in [2.75, 3.05) is 26.2 Å². The van der Waals surface area contributed by atoms with Gasteiger partial charge in [0.05, 0.1) is 18.5 Å². The van der Waals surface area contributed by atoms with Crippen LogP contribution in [-0.2, 0) is 17.8 Å². The van der Waals surface area contributed by atoms with E-state index in [9.17, 15) is 9.59 Å². The van der Waals surface area contributed by atoms with Crippen LogP contribution in [0.2, 0.25) is 0 Å². The highest BCUT2D eigenvalue weighted by Gasteiger charge is 2.30. The summed E-state index contributed by atoms with van der Waals surface area (Å²) in [6.45, 7) is 5.21. The number of piperazine rings is 1. The smallest absolute Gasteiger partial charge is 0.287 e. The quantitative estimate of drug-likeness (QED) is 0.628. The Bertz CT molecular complexity index is 992. The molecule has 0 spiro atoms. The predicted octanol–water partition coefficient (Wildman–Crippen LogP) is 2.26. The lowest BCUT2D eigenvalue weighted by Crippen LogP contribution is -2.55. The first kappa shape index (κ1) is 20.9. The van der Waals surface area contributed by atoms with Gasteiger partial charge in [-0.05, 0) is 24.6 Å². The molecule has 1 atom stereocenters. The van der Waals surface area contributed by atoms with Crippen LogP contribution in [0.1, 0.15) is 27.6 Å². The topological polar surface area (TPSA) is 91.8 Å². The number of nitrogens with one attached hydrogen (secondary N) is 1. The second-order valence-electron chi connectivity index (χ2n) is 7.73. The van der Waals surface area contributed by atoms with Gasteiger partial charge in [0.1, 0.15) is 6.04 Å². The summed E-state index contributed by atoms with van der Waals surface area (Å²) in [6.07, 6.45) is 1.86. The van der Waals surface area contributed by atoms with Crippen LogP contribution in [0.25, 0.3) is 0 Å². The highest BCUT2D eigenvalue weighted by molar-refractivity contribution is 5.95. The summed E-state index contributed by atoms with van der Waals surface area (Å²) in [4.78, 5) is 29.9. The van der Waals surface area contributed by atoms with Crippen LogP contribution in [-0.4, -0.2) is 59.0 Å². The molecule has 8 nitrogen and oxygen atoms in total. The van der Waals surface area contributed by atoms with Crippen LogP contribution in [0, 0.1) is 6.92 Å². The van der Waals surface area contributed by atoms with Crippen molar-refractivity contribution in [3.63, 3.8) is 0 Å². The van der Waals surface area contributed by atoms with E-state index in [0.717, 1.165) is 30.1 Å². The average Bonchev–Trinajstić information content (AvgIpc) is 3.46. The SMILES string of the molecule is Cc1cc(CN2CCN(C(=O)C(Cc3ccccc3)NC(=O)c3ccco3)CC2)on1. The number of rotatable bonds is 7. The Kier molecular flexibility index (Phi) is 6.47. The molecule has 2 aromatic heterocycles. The van der Waals surface area contributed by atoms with E-state index >= 15 is 0 Å². The molecule has 1 aliphatic heterocycles. The molecule has 1 N–H and O–H groups in total. The van der Waals surface area contributed by atoms with E-state index in [0.29, 0.717) is 26.1 Å². The normalized spacial score (nSPS) is 15.6. The van der Waals surface area contributed by atoms with Gasteiger partial charge in [-0.2, -0.15) is 0 Å². The number of benzene rings is 1. The first-order chi connectivity index (χ1) is 15.1. The van der Waals surface area contributed by atoms with Gasteiger partial charge in [-0.15, -0.1) is 0 Å². The number of aromatic nitrogens is 1. The summed E-state index contributed by atoms with van der Waals surface area (Å²) in [5.74, 6) is 0.542. The fourth-order valence-corrected chi connectivity index (χ4v) is 3.74. The van der Waals surface area contributed by atoms with Gasteiger partial charge < -0.3 is 19.2 Å². The lowest BCUT2D eigenvalue weighted by molar-refractivity contribution is -0.135. The van der Waals surface area contributed by atoms with Gasteiger partial charge in [0.25, 0.3) is 5.91 Å². The largest absolute Gasteiger partial charge is 0.459 e. The number of hydrogen-bond acceptors (Lipinski definition) is 6. The van der Waals surface area contributed by atoms with Gasteiger partial charge >= 0.3 is 0 Å². The maximum Gasteiger partial charge on any atom is 0.287 e. The van der Waals surface area contributed by atoms with Crippen LogP contribution >= 0.6 is 0 Å². The molecular formula is C23H26N4O4. The number of aryl methyl sites for hydroxylation is 1. The third-order valence-corrected chi connectivity index (χ3v) is 5.37. The van der Waals surface area contributed by atoms with Gasteiger partial charge in [0, 0.05) is 38.7 Å². The van der Waals surface area contributed by atoms with Gasteiger partial charge in [0.2, 0.25) is 5.91 Å². The van der Waals surface area contributed by atoms with Gasteiger partial charge in [-0.1, -0.05) is 35.5 Å². The second-order valence-corrected chi connectivity index (χ2v) is 7.73. The molecule has 1 fully saturated rings. The fraction of sp³-hybridized carbons (Fsp3) is 0.348. The van der Waals surface area contributed by atoms with Gasteiger partial charge in [0.15, 0.2) is 11.5 Å². The molecule has 0 bridgehead atoms. The number of carbonyl (C=O) groups is 2. The third-order valence-electron chi connectivity index (χ3n) is 5.37. The molecule has 162 valence electrons. The first-order valence-electron chi connectivity index (χ1n) is 10.4. The highest BCUT2D eigenvalue weighted by atomic mass is 16.5. The van der Waals surface area contributed by atoms with E-state index < -0.39 is 11.9 Å². The maximum atomic E-state index is 13.3. The number of nitrogens with zero attached hydrogens (tertiary/aromatic N) is 3. The molecule has 3 heterocycles. The summed E-state index contributed by atoms with van der Waals surface area (Å²) in [5, 5.41) is 6.78. The second kappa shape index (κ2) is 9.61.